The molecular formula is C38H64NO7+. The molecule has 0 aromatic carbocycles. The Hall–Kier alpha value is -2.97. The minimum atomic E-state index is -0.890. The van der Waals surface area contributed by atoms with Gasteiger partial charge in [-0.3, -0.25) is 9.59 Å². The molecule has 46 heavy (non-hydrogen) atoms. The summed E-state index contributed by atoms with van der Waals surface area (Å²) in [5.74, 6) is -1.58. The van der Waals surface area contributed by atoms with Crippen molar-refractivity contribution in [3.63, 3.8) is 0 Å². The van der Waals surface area contributed by atoms with E-state index < -0.39 is 18.1 Å². The summed E-state index contributed by atoms with van der Waals surface area (Å²) >= 11 is 0. The minimum Gasteiger partial charge on any atom is -0.477 e. The second-order valence-electron chi connectivity index (χ2n) is 12.5. The van der Waals surface area contributed by atoms with Crippen LogP contribution >= 0.6 is 0 Å². The van der Waals surface area contributed by atoms with Crippen molar-refractivity contribution in [2.45, 2.75) is 122 Å². The lowest BCUT2D eigenvalue weighted by Crippen LogP contribution is -2.50. The van der Waals surface area contributed by atoms with Gasteiger partial charge in [-0.1, -0.05) is 100 Å². The molecule has 1 N–H and O–H groups in total. The highest BCUT2D eigenvalue weighted by molar-refractivity contribution is 5.72. The lowest BCUT2D eigenvalue weighted by molar-refractivity contribution is -0.887. The Labute approximate surface area is 279 Å². The fraction of sp³-hybridized carbons (Fsp3) is 0.658. The Balaban J connectivity index is 4.61. The standard InChI is InChI=1S/C38H63NO7/c1-6-8-10-12-14-16-17-18-19-21-23-25-27-29-37(41)46-34(32-44-31-30-35(38(42)43)39(3,4)5)33-45-36(40)28-26-24-22-20-15-13-11-9-7-2/h8,10,12,14,16-20,22,34-35H,6-7,9,11,13,15,21,23-33H2,1-5H3/p+1/b10-8+,14-12+,17-16+,19-18+,22-20+. The molecule has 0 heterocycles. The number of carboxylic acids is 1. The third kappa shape index (κ3) is 27.3. The van der Waals surface area contributed by atoms with E-state index in [1.807, 2.05) is 57.6 Å². The van der Waals surface area contributed by atoms with Gasteiger partial charge in [0.2, 0.25) is 0 Å². The molecular weight excluding hydrogens is 582 g/mol. The summed E-state index contributed by atoms with van der Waals surface area (Å²) in [4.78, 5) is 36.6. The minimum absolute atomic E-state index is 0.0334. The van der Waals surface area contributed by atoms with Crippen molar-refractivity contribution < 1.29 is 38.2 Å². The SMILES string of the molecule is CC/C=C/C=C/C=C/C=C/CCCCCC(=O)OC(COCCC(C(=O)O)[N+](C)(C)C)COC(=O)CCC/C=C/CCCCCC. The highest BCUT2D eigenvalue weighted by atomic mass is 16.6. The van der Waals surface area contributed by atoms with Crippen LogP contribution in [0.2, 0.25) is 0 Å². The van der Waals surface area contributed by atoms with Crippen LogP contribution in [0.5, 0.6) is 0 Å². The first kappa shape index (κ1) is 43.0. The van der Waals surface area contributed by atoms with Gasteiger partial charge in [0.15, 0.2) is 12.1 Å². The first-order chi connectivity index (χ1) is 22.1. The average Bonchev–Trinajstić information content (AvgIpc) is 3.00. The Kier molecular flexibility index (Phi) is 27.5. The number of quaternary nitrogens is 1. The summed E-state index contributed by atoms with van der Waals surface area (Å²) in [6.07, 6.45) is 32.8. The monoisotopic (exact) mass is 646 g/mol. The highest BCUT2D eigenvalue weighted by Crippen LogP contribution is 2.11. The maximum Gasteiger partial charge on any atom is 0.362 e. The molecule has 0 aliphatic carbocycles. The van der Waals surface area contributed by atoms with Gasteiger partial charge >= 0.3 is 17.9 Å². The van der Waals surface area contributed by atoms with Gasteiger partial charge in [0.1, 0.15) is 6.61 Å². The van der Waals surface area contributed by atoms with Gasteiger partial charge < -0.3 is 23.8 Å². The molecule has 2 unspecified atom stereocenters. The van der Waals surface area contributed by atoms with Gasteiger partial charge in [0, 0.05) is 19.3 Å². The molecule has 0 aromatic rings. The van der Waals surface area contributed by atoms with Crippen LogP contribution in [0, 0.1) is 0 Å². The quantitative estimate of drug-likeness (QED) is 0.0287. The van der Waals surface area contributed by atoms with Crippen LogP contribution < -0.4 is 0 Å². The maximum absolute atomic E-state index is 12.6. The van der Waals surface area contributed by atoms with Crippen molar-refractivity contribution in [2.24, 2.45) is 0 Å². The summed E-state index contributed by atoms with van der Waals surface area (Å²) in [6, 6.07) is -0.625. The van der Waals surface area contributed by atoms with Gasteiger partial charge in [0.05, 0.1) is 34.4 Å². The Bertz CT molecular complexity index is 943. The number of hydrogen-bond acceptors (Lipinski definition) is 6. The normalized spacial score (nSPS) is 13.8. The molecule has 2 atom stereocenters. The highest BCUT2D eigenvalue weighted by Gasteiger charge is 2.31. The van der Waals surface area contributed by atoms with Gasteiger partial charge in [-0.2, -0.15) is 0 Å². The average molecular weight is 647 g/mol. The molecule has 0 saturated heterocycles. The van der Waals surface area contributed by atoms with Crippen LogP contribution in [0.1, 0.15) is 110 Å². The fourth-order valence-electron chi connectivity index (χ4n) is 4.51. The molecule has 262 valence electrons. The Morgan fingerprint density at radius 1 is 0.674 bits per heavy atom. The topological polar surface area (TPSA) is 99.1 Å². The van der Waals surface area contributed by atoms with Crippen LogP contribution in [0.25, 0.3) is 0 Å². The van der Waals surface area contributed by atoms with Gasteiger partial charge in [-0.05, 0) is 51.4 Å². The van der Waals surface area contributed by atoms with Crippen LogP contribution in [0.4, 0.5) is 0 Å². The second-order valence-corrected chi connectivity index (χ2v) is 12.5. The zero-order chi connectivity index (χ0) is 34.3. The molecule has 0 fully saturated rings. The van der Waals surface area contributed by atoms with E-state index in [9.17, 15) is 19.5 Å². The molecule has 0 aliphatic heterocycles. The van der Waals surface area contributed by atoms with Gasteiger partial charge in [0.25, 0.3) is 0 Å². The zero-order valence-corrected chi connectivity index (χ0v) is 29.5. The summed E-state index contributed by atoms with van der Waals surface area (Å²) < 4.78 is 17.0. The molecule has 0 aliphatic rings. The van der Waals surface area contributed by atoms with Gasteiger partial charge in [-0.25, -0.2) is 4.79 Å². The molecule has 0 aromatic heterocycles. The smallest absolute Gasteiger partial charge is 0.362 e. The number of ether oxygens (including phenoxy) is 3. The first-order valence-electron chi connectivity index (χ1n) is 17.4. The van der Waals surface area contributed by atoms with E-state index in [0.29, 0.717) is 25.7 Å². The number of aliphatic carboxylic acids is 1. The maximum atomic E-state index is 12.6. The van der Waals surface area contributed by atoms with Crippen molar-refractivity contribution >= 4 is 17.9 Å². The van der Waals surface area contributed by atoms with E-state index in [-0.39, 0.29) is 42.7 Å². The molecule has 8 heteroatoms. The molecule has 8 nitrogen and oxygen atoms in total. The Morgan fingerprint density at radius 2 is 1.26 bits per heavy atom. The number of likely N-dealkylation sites (N-methyl/N-ethyl adjacent to an activating group) is 1. The van der Waals surface area contributed by atoms with E-state index >= 15 is 0 Å². The third-order valence-corrected chi connectivity index (χ3v) is 7.25. The lowest BCUT2D eigenvalue weighted by Gasteiger charge is -2.31. The van der Waals surface area contributed by atoms with Crippen LogP contribution in [-0.4, -0.2) is 80.6 Å². The number of hydrogen-bond donors (Lipinski definition) is 1. The third-order valence-electron chi connectivity index (χ3n) is 7.25. The van der Waals surface area contributed by atoms with E-state index in [1.165, 1.54) is 25.7 Å². The molecule has 0 saturated carbocycles. The fourth-order valence-corrected chi connectivity index (χ4v) is 4.51. The van der Waals surface area contributed by atoms with E-state index in [0.717, 1.165) is 38.5 Å². The summed E-state index contributed by atoms with van der Waals surface area (Å²) in [7, 11) is 5.48. The Morgan fingerprint density at radius 3 is 1.89 bits per heavy atom. The molecule has 0 bridgehead atoms. The first-order valence-corrected chi connectivity index (χ1v) is 17.4. The van der Waals surface area contributed by atoms with Crippen molar-refractivity contribution in [2.75, 3.05) is 41.0 Å². The van der Waals surface area contributed by atoms with Crippen LogP contribution in [0.3, 0.4) is 0 Å². The summed E-state index contributed by atoms with van der Waals surface area (Å²) in [5.41, 5.74) is 0. The number of esters is 2. The van der Waals surface area contributed by atoms with Crippen molar-refractivity contribution in [3.05, 3.63) is 60.8 Å². The van der Waals surface area contributed by atoms with E-state index in [4.69, 9.17) is 14.2 Å². The van der Waals surface area contributed by atoms with Crippen molar-refractivity contribution in [3.8, 4) is 0 Å². The van der Waals surface area contributed by atoms with Crippen LogP contribution in [0.15, 0.2) is 60.8 Å². The molecule has 0 radical (unpaired) electrons. The number of nitrogens with zero attached hydrogens (tertiary/aromatic N) is 1. The molecule has 0 amide bonds. The number of unbranched alkanes of at least 4 members (excludes halogenated alkanes) is 8. The lowest BCUT2D eigenvalue weighted by atomic mass is 10.1. The second kappa shape index (κ2) is 29.4. The zero-order valence-electron chi connectivity index (χ0n) is 29.5. The summed E-state index contributed by atoms with van der Waals surface area (Å²) in [6.45, 7) is 4.44. The predicted molar refractivity (Wildman–Crippen MR) is 187 cm³/mol. The van der Waals surface area contributed by atoms with E-state index in [2.05, 4.69) is 38.2 Å². The number of rotatable bonds is 29. The van der Waals surface area contributed by atoms with Gasteiger partial charge in [-0.15, -0.1) is 0 Å². The van der Waals surface area contributed by atoms with Crippen molar-refractivity contribution in [1.82, 2.24) is 0 Å². The van der Waals surface area contributed by atoms with E-state index in [1.54, 1.807) is 0 Å². The van der Waals surface area contributed by atoms with Crippen molar-refractivity contribution in [1.29, 1.82) is 0 Å². The number of carbonyl (C=O) groups excluding carboxylic acids is 2. The summed E-state index contributed by atoms with van der Waals surface area (Å²) in [5, 5.41) is 9.55. The molecule has 0 rings (SSSR count). The predicted octanol–water partition coefficient (Wildman–Crippen LogP) is 8.29. The van der Waals surface area contributed by atoms with Crippen LogP contribution in [-0.2, 0) is 28.6 Å². The number of allylic oxidation sites excluding steroid dienone is 10. The number of carboxylic acid groups (broad SMARTS) is 1. The largest absolute Gasteiger partial charge is 0.477 e. The molecule has 0 spiro atoms. The number of carbonyl (C=O) groups is 3.